The van der Waals surface area contributed by atoms with Gasteiger partial charge in [-0.2, -0.15) is 0 Å². The molecule has 0 unspecified atom stereocenters. The minimum Gasteiger partial charge on any atom is -0.376 e. The highest BCUT2D eigenvalue weighted by Gasteiger charge is 2.23. The maximum atomic E-state index is 12.1. The van der Waals surface area contributed by atoms with Crippen LogP contribution in [0, 0.1) is 5.92 Å². The van der Waals surface area contributed by atoms with Crippen molar-refractivity contribution in [3.05, 3.63) is 17.8 Å². The Labute approximate surface area is 158 Å². The van der Waals surface area contributed by atoms with E-state index in [9.17, 15) is 4.79 Å². The third-order valence-corrected chi connectivity index (χ3v) is 6.37. The Hall–Kier alpha value is -1.73. The number of nitrogens with zero attached hydrogens (tertiary/aromatic N) is 3. The van der Waals surface area contributed by atoms with Crippen molar-refractivity contribution in [2.24, 2.45) is 5.92 Å². The SMILES string of the molecule is O=C(CCC1CCN(c2ncnc3ccsc23)CC1)NC[C@H]1CCCO1. The number of carbonyl (C=O) groups excluding carboxylic acids is 1. The molecule has 2 aromatic heterocycles. The standard InChI is InChI=1S/C19H26N4O2S/c24-17(20-12-15-2-1-10-25-15)4-3-14-5-8-23(9-6-14)19-18-16(7-11-26-18)21-13-22-19/h7,11,13-15H,1-6,8-10,12H2,(H,20,24)/t15-/m1/s1. The van der Waals surface area contributed by atoms with Gasteiger partial charge in [0.2, 0.25) is 5.91 Å². The van der Waals surface area contributed by atoms with E-state index < -0.39 is 0 Å². The van der Waals surface area contributed by atoms with Crippen LogP contribution in [0.25, 0.3) is 10.2 Å². The first-order chi connectivity index (χ1) is 12.8. The summed E-state index contributed by atoms with van der Waals surface area (Å²) < 4.78 is 6.73. The topological polar surface area (TPSA) is 67.4 Å². The molecule has 140 valence electrons. The molecule has 2 saturated heterocycles. The highest BCUT2D eigenvalue weighted by Crippen LogP contribution is 2.31. The summed E-state index contributed by atoms with van der Waals surface area (Å²) >= 11 is 1.71. The normalized spacial score (nSPS) is 21.4. The van der Waals surface area contributed by atoms with E-state index in [0.717, 1.165) is 63.1 Å². The van der Waals surface area contributed by atoms with Crippen LogP contribution in [0.2, 0.25) is 0 Å². The van der Waals surface area contributed by atoms with E-state index in [4.69, 9.17) is 4.74 Å². The van der Waals surface area contributed by atoms with Gasteiger partial charge in [-0.25, -0.2) is 9.97 Å². The molecule has 2 aliphatic heterocycles. The van der Waals surface area contributed by atoms with Gasteiger partial charge in [-0.05, 0) is 49.5 Å². The lowest BCUT2D eigenvalue weighted by Crippen LogP contribution is -2.35. The fourth-order valence-corrected chi connectivity index (χ4v) is 4.75. The van der Waals surface area contributed by atoms with Gasteiger partial charge in [0.05, 0.1) is 16.3 Å². The van der Waals surface area contributed by atoms with E-state index in [1.165, 1.54) is 4.70 Å². The van der Waals surface area contributed by atoms with E-state index in [1.54, 1.807) is 17.7 Å². The zero-order valence-electron chi connectivity index (χ0n) is 15.0. The monoisotopic (exact) mass is 374 g/mol. The summed E-state index contributed by atoms with van der Waals surface area (Å²) in [5, 5.41) is 5.10. The number of piperidine rings is 1. The molecule has 4 heterocycles. The van der Waals surface area contributed by atoms with Crippen molar-refractivity contribution in [1.29, 1.82) is 0 Å². The molecule has 26 heavy (non-hydrogen) atoms. The van der Waals surface area contributed by atoms with Crippen molar-refractivity contribution in [2.75, 3.05) is 31.1 Å². The second kappa shape index (κ2) is 8.31. The number of hydrogen-bond acceptors (Lipinski definition) is 6. The number of fused-ring (bicyclic) bond motifs is 1. The van der Waals surface area contributed by atoms with Gasteiger partial charge in [0, 0.05) is 32.7 Å². The summed E-state index contributed by atoms with van der Waals surface area (Å²) in [7, 11) is 0. The Bertz CT molecular complexity index is 736. The summed E-state index contributed by atoms with van der Waals surface area (Å²) in [5.41, 5.74) is 1.03. The second-order valence-corrected chi connectivity index (χ2v) is 8.16. The molecule has 0 spiro atoms. The second-order valence-electron chi connectivity index (χ2n) is 7.24. The number of hydrogen-bond donors (Lipinski definition) is 1. The smallest absolute Gasteiger partial charge is 0.220 e. The molecule has 2 fully saturated rings. The van der Waals surface area contributed by atoms with Crippen molar-refractivity contribution in [3.63, 3.8) is 0 Å². The van der Waals surface area contributed by atoms with Crippen LogP contribution in [0.3, 0.4) is 0 Å². The number of rotatable bonds is 6. The third kappa shape index (κ3) is 4.15. The van der Waals surface area contributed by atoms with Gasteiger partial charge in [0.25, 0.3) is 0 Å². The van der Waals surface area contributed by atoms with Gasteiger partial charge in [-0.15, -0.1) is 11.3 Å². The molecule has 1 amide bonds. The number of aromatic nitrogens is 2. The molecule has 2 aliphatic rings. The van der Waals surface area contributed by atoms with Gasteiger partial charge in [-0.3, -0.25) is 4.79 Å². The van der Waals surface area contributed by atoms with Gasteiger partial charge in [0.1, 0.15) is 12.1 Å². The first-order valence-corrected chi connectivity index (χ1v) is 10.5. The van der Waals surface area contributed by atoms with Gasteiger partial charge in [-0.1, -0.05) is 0 Å². The zero-order chi connectivity index (χ0) is 17.8. The van der Waals surface area contributed by atoms with Gasteiger partial charge in [0.15, 0.2) is 0 Å². The number of ether oxygens (including phenoxy) is 1. The van der Waals surface area contributed by atoms with Crippen LogP contribution in [0.4, 0.5) is 5.82 Å². The van der Waals surface area contributed by atoms with Crippen LogP contribution in [0.15, 0.2) is 17.8 Å². The Morgan fingerprint density at radius 2 is 2.19 bits per heavy atom. The summed E-state index contributed by atoms with van der Waals surface area (Å²) in [6.45, 7) is 3.52. The van der Waals surface area contributed by atoms with Crippen molar-refractivity contribution in [2.45, 2.75) is 44.6 Å². The maximum absolute atomic E-state index is 12.1. The molecular weight excluding hydrogens is 348 g/mol. The first-order valence-electron chi connectivity index (χ1n) is 9.61. The fourth-order valence-electron chi connectivity index (χ4n) is 3.89. The van der Waals surface area contributed by atoms with E-state index in [2.05, 4.69) is 25.6 Å². The number of anilines is 1. The highest BCUT2D eigenvalue weighted by atomic mass is 32.1. The molecule has 0 aliphatic carbocycles. The molecule has 6 nitrogen and oxygen atoms in total. The lowest BCUT2D eigenvalue weighted by atomic mass is 9.92. The predicted molar refractivity (Wildman–Crippen MR) is 104 cm³/mol. The molecule has 1 N–H and O–H groups in total. The molecular formula is C19H26N4O2S. The fraction of sp³-hybridized carbons (Fsp3) is 0.632. The average molecular weight is 375 g/mol. The van der Waals surface area contributed by atoms with E-state index in [-0.39, 0.29) is 12.0 Å². The average Bonchev–Trinajstić information content (AvgIpc) is 3.36. The van der Waals surface area contributed by atoms with Gasteiger partial charge >= 0.3 is 0 Å². The molecule has 0 aromatic carbocycles. The van der Waals surface area contributed by atoms with Gasteiger partial charge < -0.3 is 15.0 Å². The predicted octanol–water partition coefficient (Wildman–Crippen LogP) is 2.98. The maximum Gasteiger partial charge on any atom is 0.220 e. The molecule has 0 radical (unpaired) electrons. The molecule has 0 bridgehead atoms. The molecule has 1 atom stereocenters. The van der Waals surface area contributed by atoms with Crippen LogP contribution in [-0.4, -0.2) is 48.2 Å². The number of amides is 1. The van der Waals surface area contributed by atoms with Crippen molar-refractivity contribution in [1.82, 2.24) is 15.3 Å². The van der Waals surface area contributed by atoms with Crippen molar-refractivity contribution < 1.29 is 9.53 Å². The summed E-state index contributed by atoms with van der Waals surface area (Å²) in [5.74, 6) is 1.86. The first kappa shape index (κ1) is 17.7. The molecule has 2 aromatic rings. The van der Waals surface area contributed by atoms with Crippen LogP contribution in [-0.2, 0) is 9.53 Å². The quantitative estimate of drug-likeness (QED) is 0.842. The minimum atomic E-state index is 0.166. The summed E-state index contributed by atoms with van der Waals surface area (Å²) in [6, 6.07) is 2.05. The van der Waals surface area contributed by atoms with Crippen molar-refractivity contribution >= 4 is 33.3 Å². The van der Waals surface area contributed by atoms with Crippen LogP contribution < -0.4 is 10.2 Å². The van der Waals surface area contributed by atoms with E-state index in [1.807, 2.05) is 6.07 Å². The Balaban J connectivity index is 1.21. The third-order valence-electron chi connectivity index (χ3n) is 5.47. The van der Waals surface area contributed by atoms with Crippen LogP contribution >= 0.6 is 11.3 Å². The molecule has 4 rings (SSSR count). The lowest BCUT2D eigenvalue weighted by Gasteiger charge is -2.32. The Kier molecular flexibility index (Phi) is 5.65. The highest BCUT2D eigenvalue weighted by molar-refractivity contribution is 7.17. The lowest BCUT2D eigenvalue weighted by molar-refractivity contribution is -0.121. The van der Waals surface area contributed by atoms with Crippen LogP contribution in [0.5, 0.6) is 0 Å². The number of carbonyl (C=O) groups is 1. The Morgan fingerprint density at radius 3 is 3.00 bits per heavy atom. The largest absolute Gasteiger partial charge is 0.376 e. The number of nitrogens with one attached hydrogen (secondary N) is 1. The van der Waals surface area contributed by atoms with E-state index in [0.29, 0.717) is 18.9 Å². The minimum absolute atomic E-state index is 0.166. The molecule has 0 saturated carbocycles. The Morgan fingerprint density at radius 1 is 1.31 bits per heavy atom. The van der Waals surface area contributed by atoms with Crippen LogP contribution in [0.1, 0.15) is 38.5 Å². The summed E-state index contributed by atoms with van der Waals surface area (Å²) in [4.78, 5) is 23.3. The summed E-state index contributed by atoms with van der Waals surface area (Å²) in [6.07, 6.45) is 7.91. The van der Waals surface area contributed by atoms with E-state index >= 15 is 0 Å². The number of thiophene rings is 1. The zero-order valence-corrected chi connectivity index (χ0v) is 15.8. The van der Waals surface area contributed by atoms with Crippen molar-refractivity contribution in [3.8, 4) is 0 Å². The molecule has 7 heteroatoms.